The van der Waals surface area contributed by atoms with Gasteiger partial charge < -0.3 is 0 Å². The summed E-state index contributed by atoms with van der Waals surface area (Å²) >= 11 is 0. The highest BCUT2D eigenvalue weighted by atomic mass is 14.1. The van der Waals surface area contributed by atoms with Crippen LogP contribution in [0.2, 0.25) is 0 Å². The monoisotopic (exact) mass is 250 g/mol. The second kappa shape index (κ2) is 6.06. The Hall–Kier alpha value is -1.56. The second-order valence-electron chi connectivity index (χ2n) is 5.67. The molecule has 0 spiro atoms. The Kier molecular flexibility index (Phi) is 3.98. The highest BCUT2D eigenvalue weighted by molar-refractivity contribution is 5.85. The van der Waals surface area contributed by atoms with Gasteiger partial charge in [-0.15, -0.1) is 0 Å². The lowest BCUT2D eigenvalue weighted by atomic mass is 9.88. The fourth-order valence-electron chi connectivity index (χ4n) is 3.18. The molecule has 98 valence electrons. The van der Waals surface area contributed by atoms with Crippen molar-refractivity contribution in [1.82, 2.24) is 0 Å². The van der Waals surface area contributed by atoms with E-state index >= 15 is 0 Å². The molecule has 0 N–H and O–H groups in total. The quantitative estimate of drug-likeness (QED) is 0.629. The fourth-order valence-corrected chi connectivity index (χ4v) is 3.18. The Bertz CT molecular complexity index is 554. The molecule has 1 fully saturated rings. The third-order valence-electron chi connectivity index (χ3n) is 4.28. The van der Waals surface area contributed by atoms with E-state index in [0.29, 0.717) is 0 Å². The molecule has 0 nitrogen and oxygen atoms in total. The highest BCUT2D eigenvalue weighted by Crippen LogP contribution is 2.25. The van der Waals surface area contributed by atoms with Gasteiger partial charge in [0.15, 0.2) is 0 Å². The molecular formula is C19H22. The van der Waals surface area contributed by atoms with Gasteiger partial charge in [0.05, 0.1) is 0 Å². The van der Waals surface area contributed by atoms with Crippen molar-refractivity contribution in [2.45, 2.75) is 38.5 Å². The van der Waals surface area contributed by atoms with E-state index in [-0.39, 0.29) is 0 Å². The van der Waals surface area contributed by atoms with Crippen LogP contribution in [0.1, 0.15) is 37.7 Å². The molecule has 0 atom stereocenters. The predicted octanol–water partition coefficient (Wildman–Crippen LogP) is 5.52. The molecule has 0 radical (unpaired) electrons. The van der Waals surface area contributed by atoms with Crippen LogP contribution in [0.3, 0.4) is 0 Å². The molecule has 2 aromatic carbocycles. The van der Waals surface area contributed by atoms with Crippen molar-refractivity contribution < 1.29 is 0 Å². The van der Waals surface area contributed by atoms with Gasteiger partial charge in [-0.25, -0.2) is 0 Å². The second-order valence-corrected chi connectivity index (χ2v) is 5.67. The fraction of sp³-hybridized carbons (Fsp3) is 0.368. The molecule has 0 bridgehead atoms. The van der Waals surface area contributed by atoms with E-state index in [1.54, 1.807) is 0 Å². The summed E-state index contributed by atoms with van der Waals surface area (Å²) in [5.41, 5.74) is 1.45. The lowest BCUT2D eigenvalue weighted by Gasteiger charge is -2.17. The van der Waals surface area contributed by atoms with Crippen molar-refractivity contribution in [2.75, 3.05) is 0 Å². The van der Waals surface area contributed by atoms with Gasteiger partial charge in [0.1, 0.15) is 0 Å². The van der Waals surface area contributed by atoms with Crippen molar-refractivity contribution in [3.8, 4) is 0 Å². The van der Waals surface area contributed by atoms with Crippen LogP contribution in [0, 0.1) is 5.92 Å². The van der Waals surface area contributed by atoms with Crippen molar-refractivity contribution in [3.63, 3.8) is 0 Å². The topological polar surface area (TPSA) is 0 Å². The number of allylic oxidation sites excluding steroid dienone is 2. The maximum absolute atomic E-state index is 2.46. The maximum Gasteiger partial charge on any atom is -0.00912 e. The third kappa shape index (κ3) is 3.07. The van der Waals surface area contributed by atoms with E-state index in [2.05, 4.69) is 54.6 Å². The summed E-state index contributed by atoms with van der Waals surface area (Å²) in [6, 6.07) is 15.3. The lowest BCUT2D eigenvalue weighted by molar-refractivity contribution is 0.419. The number of rotatable bonds is 3. The van der Waals surface area contributed by atoms with Gasteiger partial charge >= 0.3 is 0 Å². The first kappa shape index (κ1) is 12.5. The molecule has 2 aromatic rings. The van der Waals surface area contributed by atoms with Crippen molar-refractivity contribution in [1.29, 1.82) is 0 Å². The molecule has 0 heteroatoms. The number of benzene rings is 2. The van der Waals surface area contributed by atoms with Crippen LogP contribution in [0.15, 0.2) is 54.6 Å². The minimum atomic E-state index is 0.837. The summed E-state index contributed by atoms with van der Waals surface area (Å²) in [6.07, 6.45) is 13.0. The molecule has 1 aliphatic rings. The minimum absolute atomic E-state index is 0.837. The first-order valence-electron chi connectivity index (χ1n) is 7.57. The van der Waals surface area contributed by atoms with Crippen LogP contribution in [-0.4, -0.2) is 0 Å². The predicted molar refractivity (Wildman–Crippen MR) is 83.4 cm³/mol. The normalized spacial score (nSPS) is 17.3. The van der Waals surface area contributed by atoms with Gasteiger partial charge in [0.2, 0.25) is 0 Å². The van der Waals surface area contributed by atoms with Gasteiger partial charge in [-0.3, -0.25) is 0 Å². The first-order valence-corrected chi connectivity index (χ1v) is 7.57. The number of hydrogen-bond acceptors (Lipinski definition) is 0. The Morgan fingerprint density at radius 1 is 0.895 bits per heavy atom. The average molecular weight is 250 g/mol. The van der Waals surface area contributed by atoms with Crippen LogP contribution in [0.25, 0.3) is 10.8 Å². The molecule has 0 aliphatic heterocycles. The highest BCUT2D eigenvalue weighted by Gasteiger charge is 2.09. The number of hydrogen-bond donors (Lipinski definition) is 0. The molecule has 0 saturated heterocycles. The van der Waals surface area contributed by atoms with E-state index < -0.39 is 0 Å². The van der Waals surface area contributed by atoms with Crippen molar-refractivity contribution in [2.24, 2.45) is 5.92 Å². The van der Waals surface area contributed by atoms with Crippen LogP contribution in [0.4, 0.5) is 0 Å². The summed E-state index contributed by atoms with van der Waals surface area (Å²) in [7, 11) is 0. The van der Waals surface area contributed by atoms with Gasteiger partial charge in [-0.05, 0) is 41.5 Å². The number of fused-ring (bicyclic) bond motifs is 1. The summed E-state index contributed by atoms with van der Waals surface area (Å²) < 4.78 is 0. The molecule has 1 aliphatic carbocycles. The molecule has 1 saturated carbocycles. The maximum atomic E-state index is 2.46. The van der Waals surface area contributed by atoms with Gasteiger partial charge in [0.25, 0.3) is 0 Å². The Balaban J connectivity index is 1.72. The largest absolute Gasteiger partial charge is 0.0851 e. The molecule has 3 rings (SSSR count). The Labute approximate surface area is 116 Å². The van der Waals surface area contributed by atoms with Crippen molar-refractivity contribution >= 4 is 10.8 Å². The van der Waals surface area contributed by atoms with E-state index in [0.717, 1.165) is 12.3 Å². The molecule has 19 heavy (non-hydrogen) atoms. The lowest BCUT2D eigenvalue weighted by Crippen LogP contribution is -2.02. The summed E-state index contributed by atoms with van der Waals surface area (Å²) in [5, 5.41) is 2.75. The molecule has 0 aromatic heterocycles. The van der Waals surface area contributed by atoms with Gasteiger partial charge in [-0.1, -0.05) is 73.9 Å². The Morgan fingerprint density at radius 2 is 1.68 bits per heavy atom. The smallest absolute Gasteiger partial charge is 0.00912 e. The first-order chi connectivity index (χ1) is 9.43. The van der Waals surface area contributed by atoms with Crippen molar-refractivity contribution in [3.05, 3.63) is 60.2 Å². The van der Waals surface area contributed by atoms with Gasteiger partial charge in [0, 0.05) is 0 Å². The SMILES string of the molecule is C(=C\C1CCCCC1)/Cc1cccc2ccccc12. The molecule has 0 heterocycles. The third-order valence-corrected chi connectivity index (χ3v) is 4.28. The standard InChI is InChI=1S/C19H22/c1-2-8-16(9-3-1)10-6-12-18-14-7-13-17-11-4-5-15-19(17)18/h4-7,10-11,13-16H,1-3,8-9,12H2/b10-6+. The minimum Gasteiger partial charge on any atom is -0.0851 e. The van der Waals surface area contributed by atoms with E-state index in [4.69, 9.17) is 0 Å². The van der Waals surface area contributed by atoms with E-state index in [1.165, 1.54) is 48.4 Å². The molecule has 0 amide bonds. The Morgan fingerprint density at radius 3 is 2.58 bits per heavy atom. The summed E-state index contributed by atoms with van der Waals surface area (Å²) in [5.74, 6) is 0.837. The zero-order chi connectivity index (χ0) is 12.9. The van der Waals surface area contributed by atoms with E-state index in [9.17, 15) is 0 Å². The van der Waals surface area contributed by atoms with Crippen LogP contribution in [0.5, 0.6) is 0 Å². The van der Waals surface area contributed by atoms with Crippen LogP contribution < -0.4 is 0 Å². The molecular weight excluding hydrogens is 228 g/mol. The zero-order valence-electron chi connectivity index (χ0n) is 11.5. The van der Waals surface area contributed by atoms with Crippen LogP contribution >= 0.6 is 0 Å². The summed E-state index contributed by atoms with van der Waals surface area (Å²) in [4.78, 5) is 0. The van der Waals surface area contributed by atoms with E-state index in [1.807, 2.05) is 0 Å². The van der Waals surface area contributed by atoms with Crippen LogP contribution in [-0.2, 0) is 6.42 Å². The van der Waals surface area contributed by atoms with Gasteiger partial charge in [-0.2, -0.15) is 0 Å². The zero-order valence-corrected chi connectivity index (χ0v) is 11.5. The summed E-state index contributed by atoms with van der Waals surface area (Å²) in [6.45, 7) is 0. The molecule has 0 unspecified atom stereocenters. The average Bonchev–Trinajstić information content (AvgIpc) is 2.49.